The van der Waals surface area contributed by atoms with E-state index in [9.17, 15) is 41.5 Å². The molecule has 0 heterocycles. The number of halogens is 4. The van der Waals surface area contributed by atoms with Crippen LogP contribution in [0.1, 0.15) is 39.7 Å². The summed E-state index contributed by atoms with van der Waals surface area (Å²) >= 11 is 0. The van der Waals surface area contributed by atoms with E-state index in [-0.39, 0.29) is 11.8 Å². The maximum absolute atomic E-state index is 13.8. The molecule has 216 valence electrons. The van der Waals surface area contributed by atoms with E-state index in [1.165, 1.54) is 6.07 Å². The minimum absolute atomic E-state index is 0.0935. The summed E-state index contributed by atoms with van der Waals surface area (Å²) in [4.78, 5) is 62.1. The molecule has 0 aliphatic heterocycles. The molecule has 0 radical (unpaired) electrons. The molecule has 0 aliphatic carbocycles. The molecule has 0 saturated carbocycles. The van der Waals surface area contributed by atoms with E-state index in [0.29, 0.717) is 5.56 Å². The SMILES string of the molecule is CC(N)(C(=O)NC(CC(=O)O)C(=O)COc1c(F)c(F)cc(F)c1F)C(=O)C(=O)Nc1ccccc1C(C)(C)C. The van der Waals surface area contributed by atoms with Gasteiger partial charge in [0.1, 0.15) is 12.6 Å². The van der Waals surface area contributed by atoms with Crippen molar-refractivity contribution < 1.29 is 51.4 Å². The van der Waals surface area contributed by atoms with Crippen LogP contribution in [0.25, 0.3) is 0 Å². The van der Waals surface area contributed by atoms with Crippen molar-refractivity contribution in [2.75, 3.05) is 11.9 Å². The third-order valence-corrected chi connectivity index (χ3v) is 5.64. The molecule has 14 heteroatoms. The lowest BCUT2D eigenvalue weighted by Gasteiger charge is -2.26. The lowest BCUT2D eigenvalue weighted by Crippen LogP contribution is -2.63. The van der Waals surface area contributed by atoms with Crippen LogP contribution >= 0.6 is 0 Å². The number of carboxylic acid groups (broad SMARTS) is 1. The number of carbonyl (C=O) groups excluding carboxylic acids is 4. The molecule has 2 aromatic rings. The Morgan fingerprint density at radius 3 is 2.05 bits per heavy atom. The van der Waals surface area contributed by atoms with Crippen molar-refractivity contribution in [3.05, 3.63) is 59.2 Å². The highest BCUT2D eigenvalue weighted by Gasteiger charge is 2.43. The average Bonchev–Trinajstić information content (AvgIpc) is 2.85. The van der Waals surface area contributed by atoms with Crippen molar-refractivity contribution in [1.82, 2.24) is 5.32 Å². The average molecular weight is 570 g/mol. The standard InChI is InChI=1S/C26H27F4N3O7/c1-25(2,3)12-7-5-6-8-15(12)32-23(38)22(37)26(4,31)24(39)33-16(10-18(35)36)17(34)11-40-21-19(29)13(27)9-14(28)20(21)30/h5-9,16H,10-11,31H2,1-4H3,(H,32,38)(H,33,39)(H,35,36). The fourth-order valence-corrected chi connectivity index (χ4v) is 3.41. The maximum atomic E-state index is 13.8. The van der Waals surface area contributed by atoms with Crippen LogP contribution in [-0.2, 0) is 29.4 Å². The number of amides is 2. The molecule has 0 saturated heterocycles. The topological polar surface area (TPSA) is 165 Å². The molecule has 10 nitrogen and oxygen atoms in total. The zero-order valence-corrected chi connectivity index (χ0v) is 21.9. The molecule has 2 amide bonds. The number of carbonyl (C=O) groups is 5. The van der Waals surface area contributed by atoms with Gasteiger partial charge in [-0.1, -0.05) is 39.0 Å². The minimum atomic E-state index is -2.61. The van der Waals surface area contributed by atoms with Crippen molar-refractivity contribution in [3.8, 4) is 5.75 Å². The van der Waals surface area contributed by atoms with Gasteiger partial charge in [-0.2, -0.15) is 8.78 Å². The number of ether oxygens (including phenoxy) is 1. The molecule has 2 atom stereocenters. The van der Waals surface area contributed by atoms with Crippen LogP contribution < -0.4 is 21.1 Å². The Balaban J connectivity index is 2.20. The number of hydrogen-bond acceptors (Lipinski definition) is 7. The first kappa shape index (κ1) is 31.9. The predicted octanol–water partition coefficient (Wildman–Crippen LogP) is 2.37. The number of nitrogens with two attached hydrogens (primary N) is 1. The van der Waals surface area contributed by atoms with Gasteiger partial charge in [0.05, 0.1) is 6.42 Å². The van der Waals surface area contributed by atoms with E-state index >= 15 is 0 Å². The summed E-state index contributed by atoms with van der Waals surface area (Å²) in [5.74, 6) is -16.2. The third kappa shape index (κ3) is 7.40. The highest BCUT2D eigenvalue weighted by molar-refractivity contribution is 6.47. The van der Waals surface area contributed by atoms with Crippen molar-refractivity contribution in [1.29, 1.82) is 0 Å². The quantitative estimate of drug-likeness (QED) is 0.139. The molecular formula is C26H27F4N3O7. The molecule has 2 aromatic carbocycles. The second-order valence-corrected chi connectivity index (χ2v) is 9.96. The summed E-state index contributed by atoms with van der Waals surface area (Å²) in [7, 11) is 0. The maximum Gasteiger partial charge on any atom is 0.305 e. The fourth-order valence-electron chi connectivity index (χ4n) is 3.41. The number of ketones is 2. The van der Waals surface area contributed by atoms with Crippen LogP contribution in [0.4, 0.5) is 23.2 Å². The number of rotatable bonds is 11. The first-order valence-corrected chi connectivity index (χ1v) is 11.6. The molecular weight excluding hydrogens is 542 g/mol. The summed E-state index contributed by atoms with van der Waals surface area (Å²) in [6.07, 6.45) is -1.11. The number of anilines is 1. The second-order valence-electron chi connectivity index (χ2n) is 9.96. The normalized spacial score (nSPS) is 13.5. The largest absolute Gasteiger partial charge is 0.481 e. The van der Waals surface area contributed by atoms with Crippen LogP contribution in [-0.4, -0.2) is 52.6 Å². The van der Waals surface area contributed by atoms with Crippen molar-refractivity contribution in [3.63, 3.8) is 0 Å². The lowest BCUT2D eigenvalue weighted by molar-refractivity contribution is -0.144. The number of Topliss-reactive ketones (excluding diaryl/α,β-unsaturated/α-hetero) is 2. The van der Waals surface area contributed by atoms with E-state index in [4.69, 9.17) is 10.8 Å². The Bertz CT molecular complexity index is 1330. The van der Waals surface area contributed by atoms with Gasteiger partial charge in [0.25, 0.3) is 5.91 Å². The molecule has 40 heavy (non-hydrogen) atoms. The molecule has 2 rings (SSSR count). The van der Waals surface area contributed by atoms with Gasteiger partial charge in [-0.05, 0) is 24.0 Å². The smallest absolute Gasteiger partial charge is 0.305 e. The van der Waals surface area contributed by atoms with Gasteiger partial charge in [-0.15, -0.1) is 0 Å². The Hall–Kier alpha value is -4.33. The zero-order valence-electron chi connectivity index (χ0n) is 21.9. The molecule has 0 aromatic heterocycles. The van der Waals surface area contributed by atoms with Crippen LogP contribution in [0.5, 0.6) is 5.75 Å². The Morgan fingerprint density at radius 1 is 0.975 bits per heavy atom. The highest BCUT2D eigenvalue weighted by Crippen LogP contribution is 2.29. The monoisotopic (exact) mass is 569 g/mol. The molecule has 0 bridgehead atoms. The van der Waals surface area contributed by atoms with Crippen molar-refractivity contribution in [2.45, 2.75) is 51.1 Å². The Labute approximate surface area is 225 Å². The van der Waals surface area contributed by atoms with Crippen LogP contribution in [0.3, 0.4) is 0 Å². The minimum Gasteiger partial charge on any atom is -0.481 e. The van der Waals surface area contributed by atoms with E-state index in [2.05, 4.69) is 10.1 Å². The van der Waals surface area contributed by atoms with Crippen LogP contribution in [0.15, 0.2) is 30.3 Å². The summed E-state index contributed by atoms with van der Waals surface area (Å²) in [6, 6.07) is 4.49. The molecule has 2 unspecified atom stereocenters. The van der Waals surface area contributed by atoms with E-state index in [0.717, 1.165) is 6.92 Å². The molecule has 0 spiro atoms. The Morgan fingerprint density at radius 2 is 1.52 bits per heavy atom. The van der Waals surface area contributed by atoms with Crippen molar-refractivity contribution in [2.24, 2.45) is 5.73 Å². The molecule has 5 N–H and O–H groups in total. The van der Waals surface area contributed by atoms with Gasteiger partial charge in [-0.25, -0.2) is 8.78 Å². The number of para-hydroxylation sites is 1. The summed E-state index contributed by atoms with van der Waals surface area (Å²) in [6.45, 7) is 5.08. The first-order chi connectivity index (χ1) is 18.4. The van der Waals surface area contributed by atoms with Gasteiger partial charge < -0.3 is 26.2 Å². The summed E-state index contributed by atoms with van der Waals surface area (Å²) in [5.41, 5.74) is 3.69. The van der Waals surface area contributed by atoms with E-state index < -0.39 is 88.4 Å². The van der Waals surface area contributed by atoms with Crippen LogP contribution in [0, 0.1) is 23.3 Å². The number of aliphatic carboxylic acids is 1. The first-order valence-electron chi connectivity index (χ1n) is 11.6. The molecule has 0 fully saturated rings. The predicted molar refractivity (Wildman–Crippen MR) is 132 cm³/mol. The van der Waals surface area contributed by atoms with Gasteiger partial charge in [-0.3, -0.25) is 24.0 Å². The zero-order chi connectivity index (χ0) is 30.6. The summed E-state index contributed by atoms with van der Waals surface area (Å²) < 4.78 is 58.9. The number of benzene rings is 2. The van der Waals surface area contributed by atoms with Crippen molar-refractivity contribution >= 4 is 35.0 Å². The highest BCUT2D eigenvalue weighted by atomic mass is 19.2. The van der Waals surface area contributed by atoms with E-state index in [1.807, 2.05) is 26.1 Å². The Kier molecular flexibility index (Phi) is 9.76. The second kappa shape index (κ2) is 12.2. The van der Waals surface area contributed by atoms with E-state index in [1.54, 1.807) is 18.2 Å². The third-order valence-electron chi connectivity index (χ3n) is 5.64. The molecule has 0 aliphatic rings. The van der Waals surface area contributed by atoms with Gasteiger partial charge in [0.2, 0.25) is 23.3 Å². The number of nitrogens with one attached hydrogen (secondary N) is 2. The number of carboxylic acids is 1. The van der Waals surface area contributed by atoms with Crippen LogP contribution in [0.2, 0.25) is 0 Å². The lowest BCUT2D eigenvalue weighted by atomic mass is 9.85. The number of hydrogen-bond donors (Lipinski definition) is 4. The fraction of sp³-hybridized carbons (Fsp3) is 0.346. The van der Waals surface area contributed by atoms with Gasteiger partial charge >= 0.3 is 5.97 Å². The van der Waals surface area contributed by atoms with Gasteiger partial charge in [0, 0.05) is 11.8 Å². The van der Waals surface area contributed by atoms with Gasteiger partial charge in [0.15, 0.2) is 28.7 Å². The summed E-state index contributed by atoms with van der Waals surface area (Å²) in [5, 5.41) is 13.4.